The molecule has 4 aliphatic carbocycles. The van der Waals surface area contributed by atoms with Crippen molar-refractivity contribution >= 4 is 18.5 Å². The third-order valence-electron chi connectivity index (χ3n) is 8.77. The van der Waals surface area contributed by atoms with Crippen LogP contribution in [0.3, 0.4) is 0 Å². The molecule has 5 nitrogen and oxygen atoms in total. The number of benzene rings is 3. The van der Waals surface area contributed by atoms with Crippen molar-refractivity contribution < 1.29 is 15.2 Å². The summed E-state index contributed by atoms with van der Waals surface area (Å²) in [4.78, 5) is 5.62. The van der Waals surface area contributed by atoms with Crippen molar-refractivity contribution in [2.75, 3.05) is 0 Å². The molecular weight excluding hydrogens is 472 g/mol. The van der Waals surface area contributed by atoms with E-state index in [0.29, 0.717) is 12.4 Å². The van der Waals surface area contributed by atoms with E-state index < -0.39 is 0 Å². The van der Waals surface area contributed by atoms with Gasteiger partial charge in [-0.2, -0.15) is 0 Å². The Morgan fingerprint density at radius 1 is 0.895 bits per heavy atom. The van der Waals surface area contributed by atoms with E-state index in [1.807, 2.05) is 60.7 Å². The van der Waals surface area contributed by atoms with Crippen molar-refractivity contribution in [1.82, 2.24) is 0 Å². The minimum atomic E-state index is 0.105. The Labute approximate surface area is 224 Å². The lowest BCUT2D eigenvalue weighted by Crippen LogP contribution is -2.48. The molecule has 0 unspecified atom stereocenters. The molecule has 3 aromatic carbocycles. The highest BCUT2D eigenvalue weighted by Gasteiger charge is 2.52. The quantitative estimate of drug-likeness (QED) is 0.188. The summed E-state index contributed by atoms with van der Waals surface area (Å²) in [5, 5.41) is 27.1. The van der Waals surface area contributed by atoms with Crippen molar-refractivity contribution in [3.63, 3.8) is 0 Å². The average Bonchev–Trinajstić information content (AvgIpc) is 2.92. The van der Waals surface area contributed by atoms with Crippen LogP contribution >= 0.6 is 0 Å². The maximum atomic E-state index is 11.1. The molecule has 194 valence electrons. The topological polar surface area (TPSA) is 74.4 Å². The predicted molar refractivity (Wildman–Crippen MR) is 152 cm³/mol. The van der Waals surface area contributed by atoms with Crippen molar-refractivity contribution in [1.29, 1.82) is 0 Å². The lowest BCUT2D eigenvalue weighted by atomic mass is 9.48. The van der Waals surface area contributed by atoms with Gasteiger partial charge in [0, 0.05) is 11.1 Å². The van der Waals surface area contributed by atoms with Crippen molar-refractivity contribution in [3.05, 3.63) is 95.1 Å². The number of hydrogen-bond acceptors (Lipinski definition) is 5. The van der Waals surface area contributed by atoms with Crippen LogP contribution in [0.15, 0.2) is 83.1 Å². The van der Waals surface area contributed by atoms with Crippen LogP contribution in [0, 0.1) is 17.8 Å². The van der Waals surface area contributed by atoms with E-state index in [1.165, 1.54) is 44.7 Å². The Hall–Kier alpha value is -3.86. The van der Waals surface area contributed by atoms with E-state index in [-0.39, 0.29) is 5.41 Å². The fourth-order valence-electron chi connectivity index (χ4n) is 7.60. The molecular formula is C33H34N2O3. The zero-order valence-corrected chi connectivity index (χ0v) is 21.5. The van der Waals surface area contributed by atoms with E-state index in [2.05, 4.69) is 22.4 Å². The van der Waals surface area contributed by atoms with Gasteiger partial charge in [-0.25, -0.2) is 0 Å². The summed E-state index contributed by atoms with van der Waals surface area (Å²) >= 11 is 0. The van der Waals surface area contributed by atoms with Crippen LogP contribution in [0.2, 0.25) is 0 Å². The van der Waals surface area contributed by atoms with Gasteiger partial charge >= 0.3 is 0 Å². The monoisotopic (exact) mass is 506 g/mol. The molecule has 0 radical (unpaired) electrons. The van der Waals surface area contributed by atoms with Gasteiger partial charge in [0.2, 0.25) is 0 Å². The second-order valence-corrected chi connectivity index (χ2v) is 11.4. The maximum Gasteiger partial charge on any atom is 0.142 e. The maximum absolute atomic E-state index is 11.1. The van der Waals surface area contributed by atoms with Gasteiger partial charge in [0.15, 0.2) is 0 Å². The molecule has 0 saturated heterocycles. The van der Waals surface area contributed by atoms with E-state index >= 15 is 0 Å². The molecule has 7 rings (SSSR count). The molecule has 4 fully saturated rings. The smallest absolute Gasteiger partial charge is 0.142 e. The van der Waals surface area contributed by atoms with E-state index in [1.54, 1.807) is 12.3 Å². The number of rotatable bonds is 8. The standard InChI is InChI=1S/C33H34N2O3/c36-32-11-9-28(17-31(32)33-18-25-13-26(19-33)15-27(14-25)20-33)30-10-8-23(7-4-12-34-37)16-29(30)21-35-38-22-24-5-2-1-3-6-24/h1-12,16-17,21,25-27,36-37H,13-15,18-20,22H2/b7-4+,34-12+,35-21-. The Kier molecular flexibility index (Phi) is 6.75. The van der Waals surface area contributed by atoms with Crippen molar-refractivity contribution in [2.24, 2.45) is 28.1 Å². The molecule has 0 heterocycles. The third-order valence-corrected chi connectivity index (χ3v) is 8.77. The number of phenols is 1. The molecule has 0 amide bonds. The first-order valence-corrected chi connectivity index (χ1v) is 13.6. The summed E-state index contributed by atoms with van der Waals surface area (Å²) in [6, 6.07) is 22.3. The summed E-state index contributed by atoms with van der Waals surface area (Å²) in [6.45, 7) is 0.397. The molecule has 0 atom stereocenters. The summed E-state index contributed by atoms with van der Waals surface area (Å²) in [5.41, 5.74) is 6.28. The predicted octanol–water partition coefficient (Wildman–Crippen LogP) is 7.55. The molecule has 0 aromatic heterocycles. The fourth-order valence-corrected chi connectivity index (χ4v) is 7.60. The Morgan fingerprint density at radius 3 is 2.34 bits per heavy atom. The molecule has 4 bridgehead atoms. The second kappa shape index (κ2) is 10.5. The zero-order chi connectivity index (χ0) is 26.0. The van der Waals surface area contributed by atoms with Crippen LogP contribution in [0.1, 0.15) is 60.8 Å². The summed E-state index contributed by atoms with van der Waals surface area (Å²) in [7, 11) is 0. The van der Waals surface area contributed by atoms with Gasteiger partial charge < -0.3 is 15.2 Å². The van der Waals surface area contributed by atoms with Crippen molar-refractivity contribution in [3.8, 4) is 16.9 Å². The van der Waals surface area contributed by atoms with E-state index in [0.717, 1.165) is 51.1 Å². The highest BCUT2D eigenvalue weighted by Crippen LogP contribution is 2.62. The summed E-state index contributed by atoms with van der Waals surface area (Å²) < 4.78 is 0. The van der Waals surface area contributed by atoms with Crippen LogP contribution < -0.4 is 0 Å². The van der Waals surface area contributed by atoms with Gasteiger partial charge in [-0.05, 0) is 108 Å². The Balaban J connectivity index is 1.33. The Bertz CT molecular complexity index is 1340. The minimum Gasteiger partial charge on any atom is -0.508 e. The lowest BCUT2D eigenvalue weighted by Gasteiger charge is -2.57. The van der Waals surface area contributed by atoms with E-state index in [4.69, 9.17) is 10.0 Å². The molecule has 0 aliphatic heterocycles. The van der Waals surface area contributed by atoms with Crippen LogP contribution in [0.25, 0.3) is 17.2 Å². The first-order valence-electron chi connectivity index (χ1n) is 13.6. The van der Waals surface area contributed by atoms with E-state index in [9.17, 15) is 5.11 Å². The number of hydrogen-bond donors (Lipinski definition) is 2. The number of phenolic OH excluding ortho intramolecular Hbond substituents is 1. The van der Waals surface area contributed by atoms with Gasteiger partial charge in [0.25, 0.3) is 0 Å². The molecule has 3 aromatic rings. The molecule has 2 N–H and O–H groups in total. The normalized spacial score (nSPS) is 26.2. The SMILES string of the molecule is O/N=C/C=C/c1ccc(-c2ccc(O)c(C34CC5CC(CC(C5)C3)C4)c2)c(/C=N\OCc2ccccc2)c1. The number of oxime groups is 2. The molecule has 38 heavy (non-hydrogen) atoms. The summed E-state index contributed by atoms with van der Waals surface area (Å²) in [6.07, 6.45) is 14.4. The average molecular weight is 507 g/mol. The lowest BCUT2D eigenvalue weighted by molar-refractivity contribution is -0.00611. The molecule has 0 spiro atoms. The second-order valence-electron chi connectivity index (χ2n) is 11.4. The largest absolute Gasteiger partial charge is 0.508 e. The van der Waals surface area contributed by atoms with Gasteiger partial charge in [0.1, 0.15) is 12.4 Å². The number of allylic oxidation sites excluding steroid dienone is 1. The fraction of sp³-hybridized carbons (Fsp3) is 0.333. The van der Waals surface area contributed by atoms with Gasteiger partial charge in [-0.15, -0.1) is 0 Å². The number of nitrogens with zero attached hydrogens (tertiary/aromatic N) is 2. The van der Waals surface area contributed by atoms with Gasteiger partial charge in [0.05, 0.1) is 12.4 Å². The highest BCUT2D eigenvalue weighted by molar-refractivity contribution is 5.92. The molecule has 4 aliphatic rings. The highest BCUT2D eigenvalue weighted by atomic mass is 16.6. The van der Waals surface area contributed by atoms with Crippen LogP contribution in [0.4, 0.5) is 0 Å². The summed E-state index contributed by atoms with van der Waals surface area (Å²) in [5.74, 6) is 2.85. The Morgan fingerprint density at radius 2 is 1.63 bits per heavy atom. The molecule has 4 saturated carbocycles. The minimum absolute atomic E-state index is 0.105. The zero-order valence-electron chi connectivity index (χ0n) is 21.5. The van der Waals surface area contributed by atoms with Crippen molar-refractivity contribution in [2.45, 2.75) is 50.5 Å². The van der Waals surface area contributed by atoms with Gasteiger partial charge in [-0.3, -0.25) is 0 Å². The van der Waals surface area contributed by atoms with Gasteiger partial charge in [-0.1, -0.05) is 64.9 Å². The number of aromatic hydroxyl groups is 1. The first kappa shape index (κ1) is 24.5. The van der Waals surface area contributed by atoms with Crippen LogP contribution in [0.5, 0.6) is 5.75 Å². The van der Waals surface area contributed by atoms with Crippen LogP contribution in [-0.2, 0) is 16.9 Å². The first-order chi connectivity index (χ1) is 18.6. The third kappa shape index (κ3) is 4.98. The van der Waals surface area contributed by atoms with Crippen LogP contribution in [-0.4, -0.2) is 22.7 Å². The molecule has 5 heteroatoms.